The van der Waals surface area contributed by atoms with E-state index in [1.54, 1.807) is 23.9 Å². The monoisotopic (exact) mass is 245 g/mol. The molecule has 17 heavy (non-hydrogen) atoms. The van der Waals surface area contributed by atoms with Crippen LogP contribution in [0.15, 0.2) is 52.3 Å². The highest BCUT2D eigenvalue weighted by atomic mass is 32.2. The summed E-state index contributed by atoms with van der Waals surface area (Å²) in [5.74, 6) is 0.281. The Morgan fingerprint density at radius 1 is 1.12 bits per heavy atom. The molecule has 88 valence electrons. The molecule has 0 atom stereocenters. The molecule has 0 radical (unpaired) electrons. The van der Waals surface area contributed by atoms with E-state index in [9.17, 15) is 5.11 Å². The van der Waals surface area contributed by atoms with Gasteiger partial charge in [-0.15, -0.1) is 0 Å². The van der Waals surface area contributed by atoms with Crippen LogP contribution in [0, 0.1) is 0 Å². The Labute approximate surface area is 105 Å². The molecular weight excluding hydrogens is 230 g/mol. The first kappa shape index (κ1) is 11.9. The lowest BCUT2D eigenvalue weighted by Gasteiger charge is -2.07. The Balaban J connectivity index is 2.21. The van der Waals surface area contributed by atoms with E-state index in [4.69, 9.17) is 5.73 Å². The van der Waals surface area contributed by atoms with Crippen LogP contribution in [0.1, 0.15) is 12.5 Å². The SMILES string of the molecule is CCc1ccc(Sc2ccc(O)cc2)c(N)c1. The molecule has 2 rings (SSSR count). The summed E-state index contributed by atoms with van der Waals surface area (Å²) in [5, 5.41) is 9.21. The van der Waals surface area contributed by atoms with E-state index >= 15 is 0 Å². The molecule has 0 saturated heterocycles. The third kappa shape index (κ3) is 2.94. The summed E-state index contributed by atoms with van der Waals surface area (Å²) in [6.07, 6.45) is 0.994. The third-order valence-electron chi connectivity index (χ3n) is 2.55. The molecule has 3 heteroatoms. The number of aryl methyl sites for hydroxylation is 1. The topological polar surface area (TPSA) is 46.2 Å². The van der Waals surface area contributed by atoms with Crippen LogP contribution in [0.5, 0.6) is 5.75 Å². The van der Waals surface area contributed by atoms with Crippen molar-refractivity contribution in [1.82, 2.24) is 0 Å². The van der Waals surface area contributed by atoms with Crippen molar-refractivity contribution in [2.24, 2.45) is 0 Å². The largest absolute Gasteiger partial charge is 0.508 e. The number of nitrogens with two attached hydrogens (primary N) is 1. The zero-order valence-electron chi connectivity index (χ0n) is 9.68. The number of aromatic hydroxyl groups is 1. The number of hydrogen-bond acceptors (Lipinski definition) is 3. The van der Waals surface area contributed by atoms with Crippen molar-refractivity contribution < 1.29 is 5.11 Å². The molecule has 0 fully saturated rings. The molecule has 0 unspecified atom stereocenters. The van der Waals surface area contributed by atoms with Crippen LogP contribution < -0.4 is 5.73 Å². The van der Waals surface area contributed by atoms with E-state index in [0.717, 1.165) is 21.9 Å². The van der Waals surface area contributed by atoms with Crippen molar-refractivity contribution in [3.63, 3.8) is 0 Å². The van der Waals surface area contributed by atoms with Crippen molar-refractivity contribution >= 4 is 17.4 Å². The summed E-state index contributed by atoms with van der Waals surface area (Å²) in [7, 11) is 0. The maximum Gasteiger partial charge on any atom is 0.115 e. The van der Waals surface area contributed by atoms with Gasteiger partial charge in [-0.05, 0) is 48.4 Å². The van der Waals surface area contributed by atoms with Gasteiger partial charge < -0.3 is 10.8 Å². The van der Waals surface area contributed by atoms with Crippen molar-refractivity contribution in [2.45, 2.75) is 23.1 Å². The van der Waals surface area contributed by atoms with E-state index in [0.29, 0.717) is 0 Å². The number of anilines is 1. The number of phenolic OH excluding ortho intramolecular Hbond substituents is 1. The maximum atomic E-state index is 9.21. The van der Waals surface area contributed by atoms with Crippen LogP contribution in [0.4, 0.5) is 5.69 Å². The quantitative estimate of drug-likeness (QED) is 0.811. The second kappa shape index (κ2) is 5.15. The first-order chi connectivity index (χ1) is 8.19. The van der Waals surface area contributed by atoms with Gasteiger partial charge in [0, 0.05) is 15.5 Å². The van der Waals surface area contributed by atoms with Crippen molar-refractivity contribution in [3.8, 4) is 5.75 Å². The molecule has 0 aromatic heterocycles. The van der Waals surface area contributed by atoms with Gasteiger partial charge in [0.15, 0.2) is 0 Å². The smallest absolute Gasteiger partial charge is 0.115 e. The minimum atomic E-state index is 0.281. The lowest BCUT2D eigenvalue weighted by Crippen LogP contribution is -1.90. The van der Waals surface area contributed by atoms with Crippen LogP contribution in [0.2, 0.25) is 0 Å². The summed E-state index contributed by atoms with van der Waals surface area (Å²) >= 11 is 1.61. The highest BCUT2D eigenvalue weighted by Crippen LogP contribution is 2.33. The minimum absolute atomic E-state index is 0.281. The third-order valence-corrected chi connectivity index (χ3v) is 3.65. The normalized spacial score (nSPS) is 10.4. The van der Waals surface area contributed by atoms with E-state index in [1.165, 1.54) is 5.56 Å². The van der Waals surface area contributed by atoms with Crippen LogP contribution in [0.3, 0.4) is 0 Å². The van der Waals surface area contributed by atoms with Gasteiger partial charge in [-0.2, -0.15) is 0 Å². The molecule has 0 aliphatic heterocycles. The Bertz CT molecular complexity index is 508. The van der Waals surface area contributed by atoms with Gasteiger partial charge in [0.05, 0.1) is 0 Å². The molecular formula is C14H15NOS. The Morgan fingerprint density at radius 3 is 2.41 bits per heavy atom. The molecule has 0 saturated carbocycles. The molecule has 3 N–H and O–H groups in total. The van der Waals surface area contributed by atoms with Gasteiger partial charge in [-0.1, -0.05) is 24.8 Å². The number of hydrogen-bond donors (Lipinski definition) is 2. The fourth-order valence-electron chi connectivity index (χ4n) is 1.55. The highest BCUT2D eigenvalue weighted by Gasteiger charge is 2.02. The van der Waals surface area contributed by atoms with Gasteiger partial charge >= 0.3 is 0 Å². The van der Waals surface area contributed by atoms with E-state index < -0.39 is 0 Å². The molecule has 0 amide bonds. The predicted molar refractivity (Wildman–Crippen MR) is 72.5 cm³/mol. The molecule has 0 aliphatic rings. The lowest BCUT2D eigenvalue weighted by molar-refractivity contribution is 0.475. The molecule has 0 heterocycles. The average Bonchev–Trinajstić information content (AvgIpc) is 2.34. The second-order valence-electron chi connectivity index (χ2n) is 3.82. The zero-order valence-corrected chi connectivity index (χ0v) is 10.5. The lowest BCUT2D eigenvalue weighted by atomic mass is 10.1. The van der Waals surface area contributed by atoms with Gasteiger partial charge in [0.1, 0.15) is 5.75 Å². The minimum Gasteiger partial charge on any atom is -0.508 e. The van der Waals surface area contributed by atoms with Gasteiger partial charge in [0.2, 0.25) is 0 Å². The van der Waals surface area contributed by atoms with E-state index in [1.807, 2.05) is 24.3 Å². The number of phenols is 1. The Morgan fingerprint density at radius 2 is 1.82 bits per heavy atom. The first-order valence-electron chi connectivity index (χ1n) is 5.54. The second-order valence-corrected chi connectivity index (χ2v) is 4.94. The van der Waals surface area contributed by atoms with Crippen LogP contribution in [0.25, 0.3) is 0 Å². The number of rotatable bonds is 3. The van der Waals surface area contributed by atoms with Crippen LogP contribution in [-0.2, 0) is 6.42 Å². The Hall–Kier alpha value is -1.61. The van der Waals surface area contributed by atoms with Crippen molar-refractivity contribution in [1.29, 1.82) is 0 Å². The molecule has 0 aliphatic carbocycles. The average molecular weight is 245 g/mol. The maximum absolute atomic E-state index is 9.21. The Kier molecular flexibility index (Phi) is 3.59. The van der Waals surface area contributed by atoms with Crippen molar-refractivity contribution in [3.05, 3.63) is 48.0 Å². The summed E-state index contributed by atoms with van der Waals surface area (Å²) < 4.78 is 0. The summed E-state index contributed by atoms with van der Waals surface area (Å²) in [6.45, 7) is 2.11. The zero-order chi connectivity index (χ0) is 12.3. The molecule has 2 aromatic rings. The first-order valence-corrected chi connectivity index (χ1v) is 6.36. The molecule has 2 aromatic carbocycles. The summed E-state index contributed by atoms with van der Waals surface area (Å²) in [5.41, 5.74) is 8.06. The van der Waals surface area contributed by atoms with Gasteiger partial charge in [-0.3, -0.25) is 0 Å². The summed E-state index contributed by atoms with van der Waals surface area (Å²) in [6, 6.07) is 13.3. The predicted octanol–water partition coefficient (Wildman–Crippen LogP) is 3.69. The van der Waals surface area contributed by atoms with Gasteiger partial charge in [0.25, 0.3) is 0 Å². The summed E-state index contributed by atoms with van der Waals surface area (Å²) in [4.78, 5) is 2.12. The van der Waals surface area contributed by atoms with E-state index in [-0.39, 0.29) is 5.75 Å². The standard InChI is InChI=1S/C14H15NOS/c1-2-10-3-8-14(13(15)9-10)17-12-6-4-11(16)5-7-12/h3-9,16H,2,15H2,1H3. The van der Waals surface area contributed by atoms with E-state index in [2.05, 4.69) is 13.0 Å². The fraction of sp³-hybridized carbons (Fsp3) is 0.143. The molecule has 2 nitrogen and oxygen atoms in total. The van der Waals surface area contributed by atoms with Crippen molar-refractivity contribution in [2.75, 3.05) is 5.73 Å². The number of nitrogen functional groups attached to an aromatic ring is 1. The molecule has 0 spiro atoms. The van der Waals surface area contributed by atoms with Crippen LogP contribution >= 0.6 is 11.8 Å². The highest BCUT2D eigenvalue weighted by molar-refractivity contribution is 7.99. The number of benzene rings is 2. The van der Waals surface area contributed by atoms with Crippen LogP contribution in [-0.4, -0.2) is 5.11 Å². The molecule has 0 bridgehead atoms. The van der Waals surface area contributed by atoms with Gasteiger partial charge in [-0.25, -0.2) is 0 Å². The fourth-order valence-corrected chi connectivity index (χ4v) is 2.39.